The third-order valence-corrected chi connectivity index (χ3v) is 3.33. The van der Waals surface area contributed by atoms with Gasteiger partial charge in [-0.15, -0.1) is 0 Å². The average Bonchev–Trinajstić information content (AvgIpc) is 2.76. The van der Waals surface area contributed by atoms with Crippen molar-refractivity contribution in [2.75, 3.05) is 13.2 Å². The largest absolute Gasteiger partial charge is 0.378 e. The molecule has 1 aliphatic heterocycles. The normalized spacial score (nSPS) is 24.3. The van der Waals surface area contributed by atoms with E-state index in [-0.39, 0.29) is 0 Å². The molecule has 2 rings (SSSR count). The first-order valence-corrected chi connectivity index (χ1v) is 6.92. The number of nitrogens with zero attached hydrogens (tertiary/aromatic N) is 2. The van der Waals surface area contributed by atoms with Gasteiger partial charge in [0.15, 0.2) is 5.82 Å². The number of ether oxygens (including phenoxy) is 1. The van der Waals surface area contributed by atoms with E-state index in [1.807, 2.05) is 6.92 Å². The molecule has 1 aromatic rings. The number of aryl methyl sites for hydroxylation is 1. The number of hydrogen-bond donors (Lipinski definition) is 1. The van der Waals surface area contributed by atoms with Gasteiger partial charge in [-0.25, -0.2) is 0 Å². The van der Waals surface area contributed by atoms with E-state index in [0.29, 0.717) is 18.0 Å². The fraction of sp³-hybridized carbons (Fsp3) is 0.846. The zero-order valence-electron chi connectivity index (χ0n) is 11.3. The van der Waals surface area contributed by atoms with Crippen LogP contribution >= 0.6 is 0 Å². The predicted octanol–water partition coefficient (Wildman–Crippen LogP) is 1.86. The molecular weight excluding hydrogens is 230 g/mol. The van der Waals surface area contributed by atoms with Crippen LogP contribution in [0.1, 0.15) is 44.3 Å². The fourth-order valence-corrected chi connectivity index (χ4v) is 2.42. The molecule has 1 aromatic heterocycles. The van der Waals surface area contributed by atoms with Gasteiger partial charge in [-0.05, 0) is 19.3 Å². The lowest BCUT2D eigenvalue weighted by atomic mass is 10.00. The standard InChI is InChI=1S/C13H23N3O2/c1-3-4-12-9-11(6-8-17-12)14-7-5-13-15-10(2)18-16-13/h11-12,14H,3-9H2,1-2H3. The summed E-state index contributed by atoms with van der Waals surface area (Å²) in [5, 5.41) is 7.46. The van der Waals surface area contributed by atoms with Crippen molar-refractivity contribution in [1.82, 2.24) is 15.5 Å². The van der Waals surface area contributed by atoms with Crippen LogP contribution in [0.25, 0.3) is 0 Å². The Morgan fingerprint density at radius 2 is 2.33 bits per heavy atom. The SMILES string of the molecule is CCCC1CC(NCCc2noc(C)n2)CCO1. The van der Waals surface area contributed by atoms with Crippen molar-refractivity contribution in [3.05, 3.63) is 11.7 Å². The van der Waals surface area contributed by atoms with Crippen molar-refractivity contribution >= 4 is 0 Å². The predicted molar refractivity (Wildman–Crippen MR) is 68.4 cm³/mol. The maximum Gasteiger partial charge on any atom is 0.223 e. The van der Waals surface area contributed by atoms with Gasteiger partial charge in [0.05, 0.1) is 6.10 Å². The van der Waals surface area contributed by atoms with E-state index in [2.05, 4.69) is 22.4 Å². The zero-order valence-corrected chi connectivity index (χ0v) is 11.3. The van der Waals surface area contributed by atoms with Gasteiger partial charge in [0.2, 0.25) is 5.89 Å². The van der Waals surface area contributed by atoms with E-state index in [4.69, 9.17) is 9.26 Å². The molecule has 5 heteroatoms. The lowest BCUT2D eigenvalue weighted by Crippen LogP contribution is -2.39. The van der Waals surface area contributed by atoms with Crippen LogP contribution in [0.4, 0.5) is 0 Å². The Morgan fingerprint density at radius 1 is 1.44 bits per heavy atom. The Morgan fingerprint density at radius 3 is 3.06 bits per heavy atom. The number of hydrogen-bond acceptors (Lipinski definition) is 5. The molecule has 1 N–H and O–H groups in total. The summed E-state index contributed by atoms with van der Waals surface area (Å²) in [5.74, 6) is 1.43. The van der Waals surface area contributed by atoms with Gasteiger partial charge in [-0.3, -0.25) is 0 Å². The molecule has 0 amide bonds. The van der Waals surface area contributed by atoms with Crippen LogP contribution in [0, 0.1) is 6.92 Å². The molecule has 0 bridgehead atoms. The molecule has 102 valence electrons. The Balaban J connectivity index is 1.66. The highest BCUT2D eigenvalue weighted by molar-refractivity contribution is 4.85. The van der Waals surface area contributed by atoms with Crippen molar-refractivity contribution in [3.8, 4) is 0 Å². The highest BCUT2D eigenvalue weighted by atomic mass is 16.5. The van der Waals surface area contributed by atoms with E-state index >= 15 is 0 Å². The van der Waals surface area contributed by atoms with Gasteiger partial charge < -0.3 is 14.6 Å². The number of rotatable bonds is 6. The van der Waals surface area contributed by atoms with E-state index in [9.17, 15) is 0 Å². The van der Waals surface area contributed by atoms with Crippen LogP contribution in [0.2, 0.25) is 0 Å². The Labute approximate surface area is 108 Å². The van der Waals surface area contributed by atoms with Gasteiger partial charge >= 0.3 is 0 Å². The highest BCUT2D eigenvalue weighted by Gasteiger charge is 2.21. The maximum absolute atomic E-state index is 5.74. The second-order valence-electron chi connectivity index (χ2n) is 4.94. The smallest absolute Gasteiger partial charge is 0.223 e. The fourth-order valence-electron chi connectivity index (χ4n) is 2.42. The molecule has 18 heavy (non-hydrogen) atoms. The molecule has 0 aliphatic carbocycles. The van der Waals surface area contributed by atoms with Crippen LogP contribution in [-0.4, -0.2) is 35.4 Å². The van der Waals surface area contributed by atoms with Crippen molar-refractivity contribution in [1.29, 1.82) is 0 Å². The molecular formula is C13H23N3O2. The molecule has 0 saturated carbocycles. The number of nitrogens with one attached hydrogen (secondary N) is 1. The zero-order chi connectivity index (χ0) is 12.8. The second kappa shape index (κ2) is 6.85. The highest BCUT2D eigenvalue weighted by Crippen LogP contribution is 2.17. The van der Waals surface area contributed by atoms with Crippen LogP contribution in [0.5, 0.6) is 0 Å². The first-order valence-electron chi connectivity index (χ1n) is 6.92. The average molecular weight is 253 g/mol. The summed E-state index contributed by atoms with van der Waals surface area (Å²) < 4.78 is 10.7. The number of aromatic nitrogens is 2. The molecule has 5 nitrogen and oxygen atoms in total. The monoisotopic (exact) mass is 253 g/mol. The second-order valence-corrected chi connectivity index (χ2v) is 4.94. The lowest BCUT2D eigenvalue weighted by Gasteiger charge is -2.30. The van der Waals surface area contributed by atoms with E-state index in [0.717, 1.165) is 38.2 Å². The van der Waals surface area contributed by atoms with E-state index in [1.54, 1.807) is 0 Å². The summed E-state index contributed by atoms with van der Waals surface area (Å²) in [7, 11) is 0. The van der Waals surface area contributed by atoms with Gasteiger partial charge in [0, 0.05) is 32.5 Å². The van der Waals surface area contributed by atoms with Crippen LogP contribution < -0.4 is 5.32 Å². The van der Waals surface area contributed by atoms with Crippen LogP contribution in [0.15, 0.2) is 4.52 Å². The van der Waals surface area contributed by atoms with E-state index < -0.39 is 0 Å². The van der Waals surface area contributed by atoms with Gasteiger partial charge in [0.25, 0.3) is 0 Å². The Kier molecular flexibility index (Phi) is 5.13. The minimum absolute atomic E-state index is 0.439. The summed E-state index contributed by atoms with van der Waals surface area (Å²) >= 11 is 0. The van der Waals surface area contributed by atoms with Gasteiger partial charge in [0.1, 0.15) is 0 Å². The quantitative estimate of drug-likeness (QED) is 0.838. The molecule has 2 unspecified atom stereocenters. The summed E-state index contributed by atoms with van der Waals surface area (Å²) in [6.45, 7) is 5.81. The molecule has 1 saturated heterocycles. The molecule has 0 spiro atoms. The summed E-state index contributed by atoms with van der Waals surface area (Å²) in [4.78, 5) is 4.20. The first kappa shape index (κ1) is 13.5. The van der Waals surface area contributed by atoms with Crippen LogP contribution in [0.3, 0.4) is 0 Å². The third-order valence-electron chi connectivity index (χ3n) is 3.33. The van der Waals surface area contributed by atoms with Crippen molar-refractivity contribution < 1.29 is 9.26 Å². The molecule has 2 atom stereocenters. The first-order chi connectivity index (χ1) is 8.78. The molecule has 2 heterocycles. The van der Waals surface area contributed by atoms with Crippen molar-refractivity contribution in [3.63, 3.8) is 0 Å². The maximum atomic E-state index is 5.74. The lowest BCUT2D eigenvalue weighted by molar-refractivity contribution is -0.00302. The molecule has 0 aromatic carbocycles. The third kappa shape index (κ3) is 4.07. The molecule has 0 radical (unpaired) electrons. The Bertz CT molecular complexity index is 352. The molecule has 1 aliphatic rings. The minimum Gasteiger partial charge on any atom is -0.378 e. The molecule has 1 fully saturated rings. The summed E-state index contributed by atoms with van der Waals surface area (Å²) in [6, 6.07) is 0.572. The topological polar surface area (TPSA) is 60.2 Å². The van der Waals surface area contributed by atoms with Crippen molar-refractivity contribution in [2.45, 2.75) is 58.1 Å². The van der Waals surface area contributed by atoms with Gasteiger partial charge in [-0.1, -0.05) is 18.5 Å². The summed E-state index contributed by atoms with van der Waals surface area (Å²) in [6.07, 6.45) is 5.85. The van der Waals surface area contributed by atoms with E-state index in [1.165, 1.54) is 12.8 Å². The van der Waals surface area contributed by atoms with Crippen molar-refractivity contribution in [2.24, 2.45) is 0 Å². The van der Waals surface area contributed by atoms with Gasteiger partial charge in [-0.2, -0.15) is 4.98 Å². The summed E-state index contributed by atoms with van der Waals surface area (Å²) in [5.41, 5.74) is 0. The Hall–Kier alpha value is -0.940. The van der Waals surface area contributed by atoms with Crippen LogP contribution in [-0.2, 0) is 11.2 Å². The minimum atomic E-state index is 0.439.